The smallest absolute Gasteiger partial charge is 0.400 e. The number of rotatable bonds is 3. The number of allylic oxidation sites excluding steroid dienone is 2. The van der Waals surface area contributed by atoms with Crippen LogP contribution in [-0.2, 0) is 12.7 Å². The van der Waals surface area contributed by atoms with E-state index >= 15 is 0 Å². The van der Waals surface area contributed by atoms with Crippen LogP contribution in [-0.4, -0.2) is 18.2 Å². The molecule has 1 aliphatic carbocycles. The Morgan fingerprint density at radius 2 is 1.95 bits per heavy atom. The standard InChI is InChI=1S/C14H15F3N2O.CH4O/c1-9-5-6-12(9)19-13(20)18-8-10-3-2-4-11(7-10)14(15,16)17;1-2/h2-4,7H,5-6,8H2,1H3,(H2,18,19,20);2H,1H3. The Hall–Kier alpha value is -2.02. The van der Waals surface area contributed by atoms with Gasteiger partial charge in [-0.3, -0.25) is 0 Å². The van der Waals surface area contributed by atoms with Gasteiger partial charge in [0.15, 0.2) is 0 Å². The molecule has 3 N–H and O–H groups in total. The van der Waals surface area contributed by atoms with Gasteiger partial charge in [-0.2, -0.15) is 13.2 Å². The van der Waals surface area contributed by atoms with Gasteiger partial charge in [0.05, 0.1) is 5.56 Å². The molecule has 1 aromatic rings. The van der Waals surface area contributed by atoms with Crippen LogP contribution in [0.1, 0.15) is 30.9 Å². The van der Waals surface area contributed by atoms with E-state index in [0.29, 0.717) is 5.56 Å². The van der Waals surface area contributed by atoms with E-state index in [2.05, 4.69) is 10.6 Å². The second-order valence-corrected chi connectivity index (χ2v) is 4.76. The summed E-state index contributed by atoms with van der Waals surface area (Å²) >= 11 is 0. The Balaban J connectivity index is 0.00000116. The average Bonchev–Trinajstić information content (AvgIpc) is 2.50. The molecule has 0 heterocycles. The molecule has 0 atom stereocenters. The lowest BCUT2D eigenvalue weighted by molar-refractivity contribution is -0.137. The number of benzene rings is 1. The molecule has 1 aliphatic rings. The lowest BCUT2D eigenvalue weighted by Crippen LogP contribution is -2.36. The minimum absolute atomic E-state index is 0.0576. The number of carbonyl (C=O) groups is 1. The number of aliphatic hydroxyl groups is 1. The highest BCUT2D eigenvalue weighted by Crippen LogP contribution is 2.29. The molecule has 22 heavy (non-hydrogen) atoms. The molecule has 0 aliphatic heterocycles. The van der Waals surface area contributed by atoms with Crippen LogP contribution in [0.3, 0.4) is 0 Å². The van der Waals surface area contributed by atoms with Crippen molar-refractivity contribution in [1.82, 2.24) is 10.6 Å². The third kappa shape index (κ3) is 5.07. The van der Waals surface area contributed by atoms with Crippen molar-refractivity contribution in [2.75, 3.05) is 7.11 Å². The van der Waals surface area contributed by atoms with E-state index in [4.69, 9.17) is 5.11 Å². The monoisotopic (exact) mass is 316 g/mol. The van der Waals surface area contributed by atoms with Gasteiger partial charge in [0.2, 0.25) is 0 Å². The van der Waals surface area contributed by atoms with Gasteiger partial charge in [-0.05, 0) is 37.5 Å². The number of alkyl halides is 3. The van der Waals surface area contributed by atoms with E-state index in [1.54, 1.807) is 6.07 Å². The zero-order valence-corrected chi connectivity index (χ0v) is 12.4. The van der Waals surface area contributed by atoms with E-state index in [1.165, 1.54) is 6.07 Å². The van der Waals surface area contributed by atoms with Gasteiger partial charge in [-0.25, -0.2) is 4.79 Å². The molecule has 0 saturated heterocycles. The molecule has 0 spiro atoms. The van der Waals surface area contributed by atoms with Crippen molar-refractivity contribution in [2.45, 2.75) is 32.5 Å². The van der Waals surface area contributed by atoms with Crippen molar-refractivity contribution in [1.29, 1.82) is 0 Å². The normalized spacial score (nSPS) is 13.7. The number of hydrogen-bond donors (Lipinski definition) is 3. The van der Waals surface area contributed by atoms with Crippen molar-refractivity contribution in [2.24, 2.45) is 0 Å². The zero-order chi connectivity index (χ0) is 16.8. The van der Waals surface area contributed by atoms with Crippen LogP contribution in [0.15, 0.2) is 35.5 Å². The largest absolute Gasteiger partial charge is 0.416 e. The zero-order valence-electron chi connectivity index (χ0n) is 12.4. The van der Waals surface area contributed by atoms with Crippen LogP contribution in [0.5, 0.6) is 0 Å². The molecule has 0 bridgehead atoms. The molecule has 0 aromatic heterocycles. The van der Waals surface area contributed by atoms with E-state index in [-0.39, 0.29) is 6.54 Å². The van der Waals surface area contributed by atoms with Crippen LogP contribution < -0.4 is 10.6 Å². The van der Waals surface area contributed by atoms with Crippen LogP contribution in [0.2, 0.25) is 0 Å². The van der Waals surface area contributed by atoms with Gasteiger partial charge >= 0.3 is 12.2 Å². The maximum atomic E-state index is 12.5. The average molecular weight is 316 g/mol. The molecule has 2 rings (SSSR count). The summed E-state index contributed by atoms with van der Waals surface area (Å²) in [5.41, 5.74) is 1.73. The number of urea groups is 1. The number of hydrogen-bond acceptors (Lipinski definition) is 2. The fourth-order valence-electron chi connectivity index (χ4n) is 1.89. The number of halogens is 3. The number of aliphatic hydroxyl groups excluding tert-OH is 1. The van der Waals surface area contributed by atoms with Crippen LogP contribution in [0.4, 0.5) is 18.0 Å². The van der Waals surface area contributed by atoms with Gasteiger partial charge in [0, 0.05) is 19.4 Å². The lowest BCUT2D eigenvalue weighted by Gasteiger charge is -2.21. The van der Waals surface area contributed by atoms with E-state index in [9.17, 15) is 18.0 Å². The minimum Gasteiger partial charge on any atom is -0.400 e. The molecule has 0 saturated carbocycles. The maximum absolute atomic E-state index is 12.5. The topological polar surface area (TPSA) is 61.4 Å². The Morgan fingerprint density at radius 3 is 2.45 bits per heavy atom. The van der Waals surface area contributed by atoms with Gasteiger partial charge in [-0.1, -0.05) is 17.7 Å². The van der Waals surface area contributed by atoms with E-state index < -0.39 is 17.8 Å². The quantitative estimate of drug-likeness (QED) is 0.802. The summed E-state index contributed by atoms with van der Waals surface area (Å²) in [6, 6.07) is 4.52. The van der Waals surface area contributed by atoms with E-state index in [0.717, 1.165) is 43.4 Å². The van der Waals surface area contributed by atoms with E-state index in [1.807, 2.05) is 6.92 Å². The first kappa shape index (κ1) is 18.0. The van der Waals surface area contributed by atoms with Crippen LogP contribution in [0, 0.1) is 0 Å². The van der Waals surface area contributed by atoms with Crippen molar-refractivity contribution < 1.29 is 23.1 Å². The summed E-state index contributed by atoms with van der Waals surface area (Å²) in [6.07, 6.45) is -2.56. The molecule has 1 aromatic carbocycles. The predicted octanol–water partition coefficient (Wildman–Crippen LogP) is 3.18. The third-order valence-corrected chi connectivity index (χ3v) is 3.24. The SMILES string of the molecule is CC1=C(NC(=O)NCc2cccc(C(F)(F)F)c2)CC1.CO. The highest BCUT2D eigenvalue weighted by atomic mass is 19.4. The highest BCUT2D eigenvalue weighted by Gasteiger charge is 2.30. The fraction of sp³-hybridized carbons (Fsp3) is 0.400. The molecule has 0 unspecified atom stereocenters. The number of amides is 2. The Morgan fingerprint density at radius 1 is 1.27 bits per heavy atom. The number of carbonyl (C=O) groups excluding carboxylic acids is 1. The molecule has 7 heteroatoms. The number of nitrogens with one attached hydrogen (secondary N) is 2. The first-order valence-electron chi connectivity index (χ1n) is 6.70. The maximum Gasteiger partial charge on any atom is 0.416 e. The third-order valence-electron chi connectivity index (χ3n) is 3.24. The molecular formula is C15H19F3N2O2. The molecule has 2 amide bonds. The van der Waals surface area contributed by atoms with Crippen LogP contribution >= 0.6 is 0 Å². The summed E-state index contributed by atoms with van der Waals surface area (Å²) in [4.78, 5) is 11.6. The Labute approximate surface area is 127 Å². The van der Waals surface area contributed by atoms with Crippen LogP contribution in [0.25, 0.3) is 0 Å². The van der Waals surface area contributed by atoms with Crippen molar-refractivity contribution in [3.8, 4) is 0 Å². The molecule has 122 valence electrons. The second-order valence-electron chi connectivity index (χ2n) is 4.76. The van der Waals surface area contributed by atoms with Gasteiger partial charge in [0.1, 0.15) is 0 Å². The predicted molar refractivity (Wildman–Crippen MR) is 76.9 cm³/mol. The van der Waals surface area contributed by atoms with Gasteiger partial charge < -0.3 is 15.7 Å². The molecule has 4 nitrogen and oxygen atoms in total. The molecular weight excluding hydrogens is 297 g/mol. The summed E-state index contributed by atoms with van der Waals surface area (Å²) in [5, 5.41) is 12.2. The summed E-state index contributed by atoms with van der Waals surface area (Å²) in [7, 11) is 1.00. The summed E-state index contributed by atoms with van der Waals surface area (Å²) < 4.78 is 37.6. The van der Waals surface area contributed by atoms with Crippen molar-refractivity contribution in [3.05, 3.63) is 46.7 Å². The van der Waals surface area contributed by atoms with Gasteiger partial charge in [0.25, 0.3) is 0 Å². The first-order chi connectivity index (χ1) is 10.4. The molecule has 0 fully saturated rings. The Kier molecular flexibility index (Phi) is 6.42. The van der Waals surface area contributed by atoms with Gasteiger partial charge in [-0.15, -0.1) is 0 Å². The first-order valence-corrected chi connectivity index (χ1v) is 6.70. The lowest BCUT2D eigenvalue weighted by atomic mass is 9.96. The fourth-order valence-corrected chi connectivity index (χ4v) is 1.89. The summed E-state index contributed by atoms with van der Waals surface area (Å²) in [6.45, 7) is 1.99. The van der Waals surface area contributed by atoms with Crippen molar-refractivity contribution in [3.63, 3.8) is 0 Å². The highest BCUT2D eigenvalue weighted by molar-refractivity contribution is 5.76. The molecule has 0 radical (unpaired) electrons. The van der Waals surface area contributed by atoms with Crippen molar-refractivity contribution >= 4 is 6.03 Å². The Bertz CT molecular complexity index is 554. The minimum atomic E-state index is -4.37. The summed E-state index contributed by atoms with van der Waals surface area (Å²) in [5.74, 6) is 0. The second kappa shape index (κ2) is 7.84.